The van der Waals surface area contributed by atoms with E-state index in [9.17, 15) is 18.0 Å². The Morgan fingerprint density at radius 3 is 2.59 bits per heavy atom. The molecule has 0 aliphatic carbocycles. The van der Waals surface area contributed by atoms with Crippen LogP contribution in [0.5, 0.6) is 0 Å². The summed E-state index contributed by atoms with van der Waals surface area (Å²) >= 11 is 1.72. The molecule has 1 amide bonds. The zero-order chi connectivity index (χ0) is 22.6. The number of hydrogen-bond donors (Lipinski definition) is 1. The van der Waals surface area contributed by atoms with Crippen molar-refractivity contribution < 1.29 is 18.0 Å². The molecule has 2 heterocycles. The number of amides is 1. The van der Waals surface area contributed by atoms with Crippen LogP contribution in [0.15, 0.2) is 66.0 Å². The lowest BCUT2D eigenvalue weighted by molar-refractivity contribution is -0.137. The van der Waals surface area contributed by atoms with E-state index >= 15 is 0 Å². The van der Waals surface area contributed by atoms with E-state index in [4.69, 9.17) is 0 Å². The molecule has 1 aliphatic rings. The summed E-state index contributed by atoms with van der Waals surface area (Å²) in [6, 6.07) is 17.6. The maximum absolute atomic E-state index is 12.7. The highest BCUT2D eigenvalue weighted by atomic mass is 32.1. The average Bonchev–Trinajstić information content (AvgIpc) is 3.33. The van der Waals surface area contributed by atoms with Gasteiger partial charge in [-0.2, -0.15) is 13.2 Å². The lowest BCUT2D eigenvalue weighted by atomic mass is 9.96. The molecule has 1 saturated heterocycles. The summed E-state index contributed by atoms with van der Waals surface area (Å²) in [4.78, 5) is 16.2. The first kappa shape index (κ1) is 22.6. The first-order chi connectivity index (χ1) is 15.4. The first-order valence-electron chi connectivity index (χ1n) is 10.7. The molecule has 1 fully saturated rings. The van der Waals surface area contributed by atoms with Gasteiger partial charge in [0.1, 0.15) is 0 Å². The standard InChI is InChI=1S/C25H25F3N2OS/c26-25(27,28)22-10-8-18(9-11-22)15-29-24(31)21-6-2-12-30(17-21)16-19-4-1-5-20(14-19)23-7-3-13-32-23/h1,3-5,7-11,13-14,21H,2,6,12,15-17H2,(H,29,31). The van der Waals surface area contributed by atoms with Crippen molar-refractivity contribution in [2.75, 3.05) is 13.1 Å². The number of benzene rings is 2. The van der Waals surface area contributed by atoms with Gasteiger partial charge in [0.15, 0.2) is 0 Å². The number of nitrogens with one attached hydrogen (secondary N) is 1. The van der Waals surface area contributed by atoms with Crippen LogP contribution in [0, 0.1) is 5.92 Å². The summed E-state index contributed by atoms with van der Waals surface area (Å²) in [6.45, 7) is 2.66. The number of thiophene rings is 1. The lowest BCUT2D eigenvalue weighted by Gasteiger charge is -2.32. The molecular formula is C25H25F3N2OS. The molecule has 1 aromatic heterocycles. The van der Waals surface area contributed by atoms with Gasteiger partial charge in [0, 0.05) is 24.5 Å². The van der Waals surface area contributed by atoms with E-state index in [2.05, 4.69) is 45.9 Å². The minimum absolute atomic E-state index is 0.0399. The molecular weight excluding hydrogens is 433 g/mol. The Balaban J connectivity index is 1.31. The van der Waals surface area contributed by atoms with Crippen molar-refractivity contribution >= 4 is 17.2 Å². The summed E-state index contributed by atoms with van der Waals surface area (Å²) in [6.07, 6.45) is -2.58. The normalized spacial score (nSPS) is 17.3. The minimum atomic E-state index is -4.35. The van der Waals surface area contributed by atoms with Crippen LogP contribution < -0.4 is 5.32 Å². The fourth-order valence-electron chi connectivity index (χ4n) is 4.08. The summed E-state index contributed by atoms with van der Waals surface area (Å²) in [5.74, 6) is -0.152. The van der Waals surface area contributed by atoms with Crippen molar-refractivity contribution in [3.63, 3.8) is 0 Å². The topological polar surface area (TPSA) is 32.3 Å². The predicted octanol–water partition coefficient (Wildman–Crippen LogP) is 5.96. The Hall–Kier alpha value is -2.64. The maximum Gasteiger partial charge on any atom is 0.416 e. The maximum atomic E-state index is 12.7. The fraction of sp³-hybridized carbons (Fsp3) is 0.320. The molecule has 4 rings (SSSR count). The Morgan fingerprint density at radius 2 is 1.88 bits per heavy atom. The third-order valence-electron chi connectivity index (χ3n) is 5.76. The highest BCUT2D eigenvalue weighted by Crippen LogP contribution is 2.29. The van der Waals surface area contributed by atoms with Gasteiger partial charge in [0.25, 0.3) is 0 Å². The highest BCUT2D eigenvalue weighted by molar-refractivity contribution is 7.13. The smallest absolute Gasteiger partial charge is 0.352 e. The first-order valence-corrected chi connectivity index (χ1v) is 11.6. The van der Waals surface area contributed by atoms with E-state index in [-0.39, 0.29) is 18.4 Å². The highest BCUT2D eigenvalue weighted by Gasteiger charge is 2.30. The van der Waals surface area contributed by atoms with E-state index in [1.807, 2.05) is 6.07 Å². The molecule has 0 spiro atoms. The number of halogens is 3. The van der Waals surface area contributed by atoms with Gasteiger partial charge in [-0.1, -0.05) is 36.4 Å². The Morgan fingerprint density at radius 1 is 1.06 bits per heavy atom. The third kappa shape index (κ3) is 5.78. The number of carbonyl (C=O) groups excluding carboxylic acids is 1. The second-order valence-corrected chi connectivity index (χ2v) is 9.11. The SMILES string of the molecule is O=C(NCc1ccc(C(F)(F)F)cc1)C1CCCN(Cc2cccc(-c3cccs3)c2)C1. The summed E-state index contributed by atoms with van der Waals surface area (Å²) in [7, 11) is 0. The van der Waals surface area contributed by atoms with Crippen LogP contribution >= 0.6 is 11.3 Å². The van der Waals surface area contributed by atoms with Crippen molar-refractivity contribution in [1.82, 2.24) is 10.2 Å². The van der Waals surface area contributed by atoms with Gasteiger partial charge in [0.2, 0.25) is 5.91 Å². The molecule has 7 heteroatoms. The van der Waals surface area contributed by atoms with Crippen LogP contribution in [-0.4, -0.2) is 23.9 Å². The van der Waals surface area contributed by atoms with Gasteiger partial charge in [-0.05, 0) is 65.7 Å². The summed E-state index contributed by atoms with van der Waals surface area (Å²) in [5, 5.41) is 4.96. The number of nitrogens with zero attached hydrogens (tertiary/aromatic N) is 1. The second-order valence-electron chi connectivity index (χ2n) is 8.16. The van der Waals surface area contributed by atoms with Crippen LogP contribution in [0.3, 0.4) is 0 Å². The zero-order valence-corrected chi connectivity index (χ0v) is 18.4. The van der Waals surface area contributed by atoms with E-state index in [0.29, 0.717) is 12.1 Å². The van der Waals surface area contributed by atoms with Crippen LogP contribution in [0.4, 0.5) is 13.2 Å². The van der Waals surface area contributed by atoms with E-state index in [1.54, 1.807) is 11.3 Å². The predicted molar refractivity (Wildman–Crippen MR) is 121 cm³/mol. The zero-order valence-electron chi connectivity index (χ0n) is 17.6. The van der Waals surface area contributed by atoms with Gasteiger partial charge in [-0.15, -0.1) is 11.3 Å². The lowest BCUT2D eigenvalue weighted by Crippen LogP contribution is -2.42. The van der Waals surface area contributed by atoms with Crippen molar-refractivity contribution in [3.05, 3.63) is 82.7 Å². The molecule has 1 N–H and O–H groups in total. The molecule has 0 bridgehead atoms. The molecule has 1 unspecified atom stereocenters. The van der Waals surface area contributed by atoms with Gasteiger partial charge in [-0.25, -0.2) is 0 Å². The van der Waals surface area contributed by atoms with Crippen LogP contribution in [0.2, 0.25) is 0 Å². The number of likely N-dealkylation sites (tertiary alicyclic amines) is 1. The van der Waals surface area contributed by atoms with Crippen LogP contribution in [0.1, 0.15) is 29.5 Å². The van der Waals surface area contributed by atoms with Crippen LogP contribution in [-0.2, 0) is 24.1 Å². The molecule has 3 nitrogen and oxygen atoms in total. The van der Waals surface area contributed by atoms with Crippen molar-refractivity contribution in [3.8, 4) is 10.4 Å². The number of rotatable bonds is 6. The van der Waals surface area contributed by atoms with Gasteiger partial charge in [-0.3, -0.25) is 9.69 Å². The van der Waals surface area contributed by atoms with Gasteiger partial charge < -0.3 is 5.32 Å². The molecule has 0 radical (unpaired) electrons. The number of hydrogen-bond acceptors (Lipinski definition) is 3. The Kier molecular flexibility index (Phi) is 6.96. The second kappa shape index (κ2) is 9.88. The van der Waals surface area contributed by atoms with Crippen LogP contribution in [0.25, 0.3) is 10.4 Å². The Bertz CT molecular complexity index is 1030. The quantitative estimate of drug-likeness (QED) is 0.494. The van der Waals surface area contributed by atoms with E-state index in [0.717, 1.165) is 38.1 Å². The van der Waals surface area contributed by atoms with E-state index < -0.39 is 11.7 Å². The molecule has 1 aliphatic heterocycles. The Labute approximate surface area is 189 Å². The monoisotopic (exact) mass is 458 g/mol. The number of carbonyl (C=O) groups is 1. The molecule has 2 aromatic carbocycles. The fourth-order valence-corrected chi connectivity index (χ4v) is 4.81. The molecule has 32 heavy (non-hydrogen) atoms. The van der Waals surface area contributed by atoms with E-state index in [1.165, 1.54) is 28.1 Å². The van der Waals surface area contributed by atoms with Crippen molar-refractivity contribution in [2.24, 2.45) is 5.92 Å². The molecule has 168 valence electrons. The number of piperidine rings is 1. The largest absolute Gasteiger partial charge is 0.416 e. The average molecular weight is 459 g/mol. The van der Waals surface area contributed by atoms with Crippen molar-refractivity contribution in [2.45, 2.75) is 32.1 Å². The summed E-state index contributed by atoms with van der Waals surface area (Å²) in [5.41, 5.74) is 2.41. The third-order valence-corrected chi connectivity index (χ3v) is 6.68. The van der Waals surface area contributed by atoms with Gasteiger partial charge in [0.05, 0.1) is 11.5 Å². The molecule has 0 saturated carbocycles. The summed E-state index contributed by atoms with van der Waals surface area (Å²) < 4.78 is 38.1. The van der Waals surface area contributed by atoms with Crippen molar-refractivity contribution in [1.29, 1.82) is 0 Å². The molecule has 1 atom stereocenters. The molecule has 3 aromatic rings. The minimum Gasteiger partial charge on any atom is -0.352 e. The van der Waals surface area contributed by atoms with Gasteiger partial charge >= 0.3 is 6.18 Å². The number of alkyl halides is 3.